The average Bonchev–Trinajstić information content (AvgIpc) is 3.11. The number of benzene rings is 1. The molecule has 1 aromatic carbocycles. The maximum atomic E-state index is 12.7. The van der Waals surface area contributed by atoms with E-state index in [1.165, 1.54) is 11.3 Å². The third-order valence-corrected chi connectivity index (χ3v) is 5.25. The van der Waals surface area contributed by atoms with E-state index in [4.69, 9.17) is 10.5 Å². The molecule has 5 nitrogen and oxygen atoms in total. The van der Waals surface area contributed by atoms with Gasteiger partial charge < -0.3 is 15.4 Å². The second kappa shape index (κ2) is 8.46. The lowest BCUT2D eigenvalue weighted by atomic mass is 10.0. The van der Waals surface area contributed by atoms with Crippen LogP contribution >= 0.6 is 23.7 Å². The first-order chi connectivity index (χ1) is 11.2. The lowest BCUT2D eigenvalue weighted by Crippen LogP contribution is -2.47. The van der Waals surface area contributed by atoms with Gasteiger partial charge in [0.1, 0.15) is 15.6 Å². The van der Waals surface area contributed by atoms with Crippen LogP contribution in [0.2, 0.25) is 0 Å². The number of amides is 1. The number of carbonyl (C=O) groups excluding carboxylic acids is 1. The zero-order chi connectivity index (χ0) is 16.2. The quantitative estimate of drug-likeness (QED) is 0.901. The molecule has 0 spiro atoms. The number of hydrogen-bond donors (Lipinski definition) is 1. The molecule has 0 saturated carbocycles. The van der Waals surface area contributed by atoms with Gasteiger partial charge >= 0.3 is 0 Å². The molecule has 1 saturated heterocycles. The normalized spacial score (nSPS) is 17.2. The molecule has 1 amide bonds. The number of methoxy groups -OCH3 is 1. The zero-order valence-corrected chi connectivity index (χ0v) is 15.2. The number of nitrogens with two attached hydrogens (primary N) is 1. The number of rotatable bonds is 4. The van der Waals surface area contributed by atoms with E-state index in [1.54, 1.807) is 13.3 Å². The van der Waals surface area contributed by atoms with Crippen molar-refractivity contribution in [2.75, 3.05) is 20.2 Å². The summed E-state index contributed by atoms with van der Waals surface area (Å²) < 4.78 is 5.16. The number of nitrogens with zero attached hydrogens (tertiary/aromatic N) is 2. The van der Waals surface area contributed by atoms with E-state index in [-0.39, 0.29) is 24.4 Å². The number of ether oxygens (including phenoxy) is 1. The van der Waals surface area contributed by atoms with Gasteiger partial charge in [0.15, 0.2) is 0 Å². The maximum Gasteiger partial charge on any atom is 0.265 e. The Morgan fingerprint density at radius 2 is 2.12 bits per heavy atom. The van der Waals surface area contributed by atoms with Gasteiger partial charge in [-0.2, -0.15) is 0 Å². The summed E-state index contributed by atoms with van der Waals surface area (Å²) in [5.41, 5.74) is 6.80. The fourth-order valence-corrected chi connectivity index (χ4v) is 3.77. The molecule has 24 heavy (non-hydrogen) atoms. The smallest absolute Gasteiger partial charge is 0.265 e. The topological polar surface area (TPSA) is 68.5 Å². The minimum Gasteiger partial charge on any atom is -0.497 e. The molecule has 0 bridgehead atoms. The van der Waals surface area contributed by atoms with E-state index in [9.17, 15) is 4.79 Å². The Morgan fingerprint density at radius 3 is 2.79 bits per heavy atom. The van der Waals surface area contributed by atoms with E-state index < -0.39 is 0 Å². The van der Waals surface area contributed by atoms with E-state index in [1.807, 2.05) is 29.2 Å². The fraction of sp³-hybridized carbons (Fsp3) is 0.412. The fourth-order valence-electron chi connectivity index (χ4n) is 2.89. The Kier molecular flexibility index (Phi) is 6.60. The highest BCUT2D eigenvalue weighted by Crippen LogP contribution is 2.28. The van der Waals surface area contributed by atoms with Gasteiger partial charge in [-0.1, -0.05) is 0 Å². The largest absolute Gasteiger partial charge is 0.497 e. The van der Waals surface area contributed by atoms with Crippen LogP contribution in [0, 0.1) is 0 Å². The maximum absolute atomic E-state index is 12.7. The van der Waals surface area contributed by atoms with Gasteiger partial charge in [-0.3, -0.25) is 4.79 Å². The summed E-state index contributed by atoms with van der Waals surface area (Å²) in [6.07, 6.45) is 4.86. The van der Waals surface area contributed by atoms with Crippen LogP contribution in [-0.2, 0) is 0 Å². The number of thiazole rings is 1. The number of likely N-dealkylation sites (tertiary alicyclic amines) is 1. The highest BCUT2D eigenvalue weighted by molar-refractivity contribution is 7.16. The molecular weight excluding hydrogens is 346 g/mol. The highest BCUT2D eigenvalue weighted by Gasteiger charge is 2.27. The van der Waals surface area contributed by atoms with Crippen molar-refractivity contribution in [2.24, 2.45) is 5.73 Å². The van der Waals surface area contributed by atoms with E-state index in [0.29, 0.717) is 11.4 Å². The van der Waals surface area contributed by atoms with E-state index in [0.717, 1.165) is 42.1 Å². The van der Waals surface area contributed by atoms with E-state index in [2.05, 4.69) is 4.98 Å². The van der Waals surface area contributed by atoms with Crippen molar-refractivity contribution in [3.63, 3.8) is 0 Å². The Bertz CT molecular complexity index is 675. The van der Waals surface area contributed by atoms with Crippen molar-refractivity contribution in [1.29, 1.82) is 0 Å². The van der Waals surface area contributed by atoms with Crippen molar-refractivity contribution >= 4 is 29.7 Å². The number of hydrogen-bond acceptors (Lipinski definition) is 5. The predicted octanol–water partition coefficient (Wildman–Crippen LogP) is 3.19. The molecule has 1 aromatic heterocycles. The van der Waals surface area contributed by atoms with Gasteiger partial charge in [0.2, 0.25) is 0 Å². The molecular formula is C17H22ClN3O2S. The molecule has 1 atom stereocenters. The van der Waals surface area contributed by atoms with Gasteiger partial charge in [-0.15, -0.1) is 23.7 Å². The van der Waals surface area contributed by atoms with Gasteiger partial charge in [0.25, 0.3) is 5.91 Å². The van der Waals surface area contributed by atoms with Gasteiger partial charge in [-0.05, 0) is 43.5 Å². The highest BCUT2D eigenvalue weighted by atomic mass is 35.5. The molecule has 2 aromatic rings. The number of piperidine rings is 1. The van der Waals surface area contributed by atoms with Crippen LogP contribution in [-0.4, -0.2) is 42.0 Å². The molecule has 7 heteroatoms. The summed E-state index contributed by atoms with van der Waals surface area (Å²) in [4.78, 5) is 19.7. The summed E-state index contributed by atoms with van der Waals surface area (Å²) in [6.45, 7) is 1.31. The Balaban J connectivity index is 0.00000208. The molecule has 3 rings (SSSR count). The molecule has 2 N–H and O–H groups in total. The number of aromatic nitrogens is 1. The first kappa shape index (κ1) is 18.7. The Hall–Kier alpha value is -1.63. The van der Waals surface area contributed by atoms with Crippen LogP contribution < -0.4 is 10.5 Å². The first-order valence-corrected chi connectivity index (χ1v) is 8.66. The van der Waals surface area contributed by atoms with Crippen LogP contribution in [0.15, 0.2) is 30.5 Å². The predicted molar refractivity (Wildman–Crippen MR) is 99.1 cm³/mol. The molecule has 0 aliphatic carbocycles. The number of carbonyl (C=O) groups is 1. The SMILES string of the molecule is COc1ccc(-c2ncc(C(=O)N3CCCCC3CN)s2)cc1.Cl. The molecule has 1 aliphatic rings. The second-order valence-electron chi connectivity index (χ2n) is 5.64. The summed E-state index contributed by atoms with van der Waals surface area (Å²) in [5, 5.41) is 0.845. The third-order valence-electron chi connectivity index (χ3n) is 4.21. The van der Waals surface area contributed by atoms with Gasteiger partial charge in [0.05, 0.1) is 13.3 Å². The second-order valence-corrected chi connectivity index (χ2v) is 6.67. The van der Waals surface area contributed by atoms with Gasteiger partial charge in [-0.25, -0.2) is 4.98 Å². The zero-order valence-electron chi connectivity index (χ0n) is 13.6. The average molecular weight is 368 g/mol. The van der Waals surface area contributed by atoms with Crippen LogP contribution in [0.5, 0.6) is 5.75 Å². The minimum absolute atomic E-state index is 0. The molecule has 1 unspecified atom stereocenters. The Morgan fingerprint density at radius 1 is 1.38 bits per heavy atom. The molecule has 0 radical (unpaired) electrons. The first-order valence-electron chi connectivity index (χ1n) is 7.84. The number of halogens is 1. The molecule has 2 heterocycles. The van der Waals surface area contributed by atoms with Crippen molar-refractivity contribution in [3.05, 3.63) is 35.3 Å². The van der Waals surface area contributed by atoms with Crippen LogP contribution in [0.4, 0.5) is 0 Å². The summed E-state index contributed by atoms with van der Waals surface area (Å²) in [7, 11) is 1.64. The lowest BCUT2D eigenvalue weighted by molar-refractivity contribution is 0.0628. The molecule has 1 fully saturated rings. The summed E-state index contributed by atoms with van der Waals surface area (Å²) in [6, 6.07) is 7.86. The van der Waals surface area contributed by atoms with Crippen molar-refractivity contribution in [3.8, 4) is 16.3 Å². The lowest BCUT2D eigenvalue weighted by Gasteiger charge is -2.34. The van der Waals surface area contributed by atoms with Crippen LogP contribution in [0.3, 0.4) is 0 Å². The van der Waals surface area contributed by atoms with Crippen molar-refractivity contribution in [1.82, 2.24) is 9.88 Å². The summed E-state index contributed by atoms with van der Waals surface area (Å²) >= 11 is 1.43. The Labute approximate surface area is 152 Å². The van der Waals surface area contributed by atoms with E-state index >= 15 is 0 Å². The van der Waals surface area contributed by atoms with Crippen molar-refractivity contribution < 1.29 is 9.53 Å². The van der Waals surface area contributed by atoms with Crippen molar-refractivity contribution in [2.45, 2.75) is 25.3 Å². The minimum atomic E-state index is 0. The van der Waals surface area contributed by atoms with Gasteiger partial charge in [0, 0.05) is 24.7 Å². The monoisotopic (exact) mass is 367 g/mol. The van der Waals surface area contributed by atoms with Crippen LogP contribution in [0.25, 0.3) is 10.6 Å². The standard InChI is InChI=1S/C17H21N3O2S.ClH/c1-22-14-7-5-12(6-8-14)16-19-11-15(23-16)17(21)20-9-3-2-4-13(20)10-18;/h5-8,11,13H,2-4,9-10,18H2,1H3;1H. The van der Waals surface area contributed by atoms with Crippen LogP contribution in [0.1, 0.15) is 28.9 Å². The molecule has 1 aliphatic heterocycles. The summed E-state index contributed by atoms with van der Waals surface area (Å²) in [5.74, 6) is 0.859. The molecule has 130 valence electrons. The third kappa shape index (κ3) is 3.88.